The third kappa shape index (κ3) is 4.17. The second-order valence-electron chi connectivity index (χ2n) is 4.88. The summed E-state index contributed by atoms with van der Waals surface area (Å²) in [7, 11) is 0.923. The molecule has 0 aromatic heterocycles. The summed E-state index contributed by atoms with van der Waals surface area (Å²) in [5.41, 5.74) is -0.291. The highest BCUT2D eigenvalue weighted by Crippen LogP contribution is 2.23. The van der Waals surface area contributed by atoms with E-state index in [9.17, 15) is 17.6 Å². The Bertz CT molecular complexity index is 619. The molecule has 1 aromatic carbocycles. The quantitative estimate of drug-likeness (QED) is 0.810. The lowest BCUT2D eigenvalue weighted by atomic mass is 9.89. The number of nitrogens with one attached hydrogen (secondary N) is 1. The molecule has 0 bridgehead atoms. The molecule has 1 aromatic rings. The first-order chi connectivity index (χ1) is 9.69. The minimum atomic E-state index is -4.23. The Morgan fingerprint density at radius 1 is 1.24 bits per heavy atom. The lowest BCUT2D eigenvalue weighted by molar-refractivity contribution is 0.0888. The van der Waals surface area contributed by atoms with Gasteiger partial charge in [-0.2, -0.15) is 0 Å². The van der Waals surface area contributed by atoms with Crippen molar-refractivity contribution in [1.29, 1.82) is 0 Å². The minimum Gasteiger partial charge on any atom is -0.347 e. The molecule has 0 unspecified atom stereocenters. The molecular weight excluding hydrogens is 317 g/mol. The first-order valence-corrected chi connectivity index (χ1v) is 9.06. The van der Waals surface area contributed by atoms with Crippen molar-refractivity contribution in [2.45, 2.75) is 50.5 Å². The second kappa shape index (κ2) is 6.75. The maximum absolute atomic E-state index is 13.5. The highest BCUT2D eigenvalue weighted by atomic mass is 35.7. The molecule has 7 heteroatoms. The number of amides is 1. The van der Waals surface area contributed by atoms with Gasteiger partial charge < -0.3 is 5.32 Å². The van der Waals surface area contributed by atoms with Crippen LogP contribution in [0.15, 0.2) is 23.1 Å². The summed E-state index contributed by atoms with van der Waals surface area (Å²) < 4.78 is 36.0. The summed E-state index contributed by atoms with van der Waals surface area (Å²) >= 11 is 0. The van der Waals surface area contributed by atoms with Crippen molar-refractivity contribution < 1.29 is 17.6 Å². The van der Waals surface area contributed by atoms with Crippen molar-refractivity contribution in [3.8, 4) is 0 Å². The normalized spacial score (nSPS) is 12.2. The lowest BCUT2D eigenvalue weighted by Gasteiger charge is -2.31. The summed E-state index contributed by atoms with van der Waals surface area (Å²) in [5, 5.41) is 2.89. The monoisotopic (exact) mass is 335 g/mol. The van der Waals surface area contributed by atoms with Gasteiger partial charge in [-0.15, -0.1) is 0 Å². The van der Waals surface area contributed by atoms with Gasteiger partial charge in [0.25, 0.3) is 15.0 Å². The van der Waals surface area contributed by atoms with Crippen molar-refractivity contribution in [2.75, 3.05) is 0 Å². The van der Waals surface area contributed by atoms with E-state index in [1.165, 1.54) is 6.07 Å². The van der Waals surface area contributed by atoms with Crippen LogP contribution in [0.4, 0.5) is 4.39 Å². The number of rotatable bonds is 6. The summed E-state index contributed by atoms with van der Waals surface area (Å²) in [6.45, 7) is 5.89. The zero-order valence-corrected chi connectivity index (χ0v) is 13.8. The predicted molar refractivity (Wildman–Crippen MR) is 80.5 cm³/mol. The third-order valence-corrected chi connectivity index (χ3v) is 5.20. The zero-order chi connectivity index (χ0) is 16.3. The van der Waals surface area contributed by atoms with Crippen LogP contribution in [0.25, 0.3) is 0 Å². The first-order valence-electron chi connectivity index (χ1n) is 6.75. The Balaban J connectivity index is 3.15. The molecular formula is C14H19ClFNO3S. The molecule has 0 saturated heterocycles. The van der Waals surface area contributed by atoms with Crippen LogP contribution in [0.3, 0.4) is 0 Å². The van der Waals surface area contributed by atoms with Crippen LogP contribution in [-0.4, -0.2) is 19.9 Å². The van der Waals surface area contributed by atoms with Gasteiger partial charge in [-0.05, 0) is 37.5 Å². The van der Waals surface area contributed by atoms with Gasteiger partial charge in [0.15, 0.2) is 0 Å². The predicted octanol–water partition coefficient (Wildman–Crippen LogP) is 3.45. The van der Waals surface area contributed by atoms with Crippen LogP contribution in [0, 0.1) is 5.82 Å². The van der Waals surface area contributed by atoms with Gasteiger partial charge in [0.1, 0.15) is 10.7 Å². The second-order valence-corrected chi connectivity index (χ2v) is 7.41. The van der Waals surface area contributed by atoms with Crippen molar-refractivity contribution in [3.05, 3.63) is 29.6 Å². The van der Waals surface area contributed by atoms with Crippen LogP contribution in [0.2, 0.25) is 0 Å². The number of hydrogen-bond acceptors (Lipinski definition) is 3. The van der Waals surface area contributed by atoms with Gasteiger partial charge in [0.2, 0.25) is 0 Å². The molecule has 0 saturated carbocycles. The Kier molecular flexibility index (Phi) is 5.75. The van der Waals surface area contributed by atoms with Crippen LogP contribution < -0.4 is 5.32 Å². The molecule has 21 heavy (non-hydrogen) atoms. The Hall–Kier alpha value is -1.14. The van der Waals surface area contributed by atoms with E-state index < -0.39 is 25.7 Å². The Morgan fingerprint density at radius 2 is 1.76 bits per heavy atom. The number of benzene rings is 1. The minimum absolute atomic E-state index is 0.0651. The number of hydrogen-bond donors (Lipinski definition) is 1. The largest absolute Gasteiger partial charge is 0.347 e. The van der Waals surface area contributed by atoms with E-state index in [1.54, 1.807) is 0 Å². The molecule has 0 aliphatic rings. The van der Waals surface area contributed by atoms with Gasteiger partial charge in [-0.1, -0.05) is 20.8 Å². The fourth-order valence-corrected chi connectivity index (χ4v) is 3.08. The molecule has 0 fully saturated rings. The molecule has 0 atom stereocenters. The van der Waals surface area contributed by atoms with Crippen molar-refractivity contribution in [2.24, 2.45) is 0 Å². The van der Waals surface area contributed by atoms with Crippen molar-refractivity contribution in [3.63, 3.8) is 0 Å². The lowest BCUT2D eigenvalue weighted by Crippen LogP contribution is -2.47. The van der Waals surface area contributed by atoms with E-state index in [4.69, 9.17) is 10.7 Å². The van der Waals surface area contributed by atoms with Gasteiger partial charge >= 0.3 is 0 Å². The molecule has 118 valence electrons. The zero-order valence-electron chi connectivity index (χ0n) is 12.2. The maximum Gasteiger partial charge on any atom is 0.264 e. The van der Waals surface area contributed by atoms with Gasteiger partial charge in [0.05, 0.1) is 0 Å². The van der Waals surface area contributed by atoms with Crippen molar-refractivity contribution >= 4 is 25.6 Å². The van der Waals surface area contributed by atoms with Crippen LogP contribution in [0.5, 0.6) is 0 Å². The van der Waals surface area contributed by atoms with Gasteiger partial charge in [-0.3, -0.25) is 4.79 Å². The SMILES string of the molecule is CCC(CC)(CC)NC(=O)c1ccc(F)c(S(=O)(=O)Cl)c1. The van der Waals surface area contributed by atoms with Gasteiger partial charge in [-0.25, -0.2) is 12.8 Å². The Morgan fingerprint density at radius 3 is 2.19 bits per heavy atom. The summed E-state index contributed by atoms with van der Waals surface area (Å²) in [6.07, 6.45) is 2.23. The first kappa shape index (κ1) is 17.9. The summed E-state index contributed by atoms with van der Waals surface area (Å²) in [4.78, 5) is 11.6. The highest BCUT2D eigenvalue weighted by molar-refractivity contribution is 8.13. The van der Waals surface area contributed by atoms with E-state index >= 15 is 0 Å². The fraction of sp³-hybridized carbons (Fsp3) is 0.500. The molecule has 4 nitrogen and oxygen atoms in total. The molecule has 1 N–H and O–H groups in total. The average Bonchev–Trinajstić information content (AvgIpc) is 2.44. The molecule has 0 spiro atoms. The van der Waals surface area contributed by atoms with E-state index in [-0.39, 0.29) is 11.1 Å². The number of halogens is 2. The standard InChI is InChI=1S/C14H19ClFNO3S/c1-4-14(5-2,6-3)17-13(18)10-7-8-11(16)12(9-10)21(15,19)20/h7-9H,4-6H2,1-3H3,(H,17,18). The number of carbonyl (C=O) groups is 1. The summed E-state index contributed by atoms with van der Waals surface area (Å²) in [5.74, 6) is -1.42. The van der Waals surface area contributed by atoms with E-state index in [1.807, 2.05) is 20.8 Å². The smallest absolute Gasteiger partial charge is 0.264 e. The Labute approximate surface area is 129 Å². The molecule has 0 radical (unpaired) electrons. The van der Waals surface area contributed by atoms with Crippen LogP contribution in [0.1, 0.15) is 50.4 Å². The van der Waals surface area contributed by atoms with E-state index in [0.717, 1.165) is 31.4 Å². The molecule has 0 aliphatic carbocycles. The van der Waals surface area contributed by atoms with Crippen molar-refractivity contribution in [1.82, 2.24) is 5.32 Å². The van der Waals surface area contributed by atoms with E-state index in [0.29, 0.717) is 0 Å². The molecule has 0 aliphatic heterocycles. The number of carbonyl (C=O) groups excluding carboxylic acids is 1. The summed E-state index contributed by atoms with van der Waals surface area (Å²) in [6, 6.07) is 3.12. The molecule has 1 amide bonds. The molecule has 0 heterocycles. The fourth-order valence-electron chi connectivity index (χ4n) is 2.16. The van der Waals surface area contributed by atoms with Crippen LogP contribution >= 0.6 is 10.7 Å². The molecule has 1 rings (SSSR count). The topological polar surface area (TPSA) is 63.2 Å². The average molecular weight is 336 g/mol. The third-order valence-electron chi connectivity index (χ3n) is 3.87. The van der Waals surface area contributed by atoms with E-state index in [2.05, 4.69) is 5.32 Å². The highest BCUT2D eigenvalue weighted by Gasteiger charge is 2.27. The van der Waals surface area contributed by atoms with Crippen LogP contribution in [-0.2, 0) is 9.05 Å². The maximum atomic E-state index is 13.5. The van der Waals surface area contributed by atoms with Gasteiger partial charge in [0, 0.05) is 21.8 Å².